The summed E-state index contributed by atoms with van der Waals surface area (Å²) < 4.78 is 0. The molecule has 0 aromatic rings. The van der Waals surface area contributed by atoms with Crippen LogP contribution in [-0.2, 0) is 0 Å². The van der Waals surface area contributed by atoms with Crippen molar-refractivity contribution in [2.75, 3.05) is 0 Å². The molecule has 0 radical (unpaired) electrons. The van der Waals surface area contributed by atoms with Crippen LogP contribution in [0.1, 0.15) is 61.8 Å². The largest absolute Gasteiger partial charge is 1.00 e. The Bertz CT molecular complexity index is 211. The normalized spacial score (nSPS) is 11.1. The van der Waals surface area contributed by atoms with Gasteiger partial charge in [0.1, 0.15) is 0 Å². The van der Waals surface area contributed by atoms with Gasteiger partial charge in [-0.1, -0.05) is 55.4 Å². The molecular weight excluding hydrogens is 284 g/mol. The molecule has 0 spiro atoms. The second-order valence-electron chi connectivity index (χ2n) is 5.63. The zero-order chi connectivity index (χ0) is 13.6. The van der Waals surface area contributed by atoms with Gasteiger partial charge in [-0.15, -0.1) is 0 Å². The van der Waals surface area contributed by atoms with E-state index in [2.05, 4.69) is 33.0 Å². The Kier molecular flexibility index (Phi) is 13.6. The van der Waals surface area contributed by atoms with Crippen LogP contribution in [0.25, 0.3) is 5.32 Å². The fraction of sp³-hybridized carbons (Fsp3) is 0.923. The molecule has 0 aromatic carbocycles. The maximum atomic E-state index is 7.18. The predicted molar refractivity (Wildman–Crippen MR) is 73.9 cm³/mol. The zero-order valence-electron chi connectivity index (χ0n) is 13.3. The van der Waals surface area contributed by atoms with Crippen LogP contribution in [0.3, 0.4) is 0 Å². The van der Waals surface area contributed by atoms with Crippen molar-refractivity contribution >= 4 is 5.96 Å². The minimum absolute atomic E-state index is 0. The molecule has 3 N–H and O–H groups in total. The average Bonchev–Trinajstić information content (AvgIpc) is 2.02. The standard InChI is InChI=1S/C11H24N3.C2H6.Rb/c1-8(2)10(3,4)7-11(5,6)14-9(12)13;1-2;/h8H,7H2,1-6H3,(H3-,12,13,14);1-2H3;/q-1;;+1. The summed E-state index contributed by atoms with van der Waals surface area (Å²) >= 11 is 0. The third kappa shape index (κ3) is 11.9. The van der Waals surface area contributed by atoms with Gasteiger partial charge in [0.2, 0.25) is 0 Å². The van der Waals surface area contributed by atoms with Crippen molar-refractivity contribution in [1.29, 1.82) is 5.41 Å². The van der Waals surface area contributed by atoms with Gasteiger partial charge in [0.15, 0.2) is 0 Å². The van der Waals surface area contributed by atoms with Gasteiger partial charge < -0.3 is 16.5 Å². The summed E-state index contributed by atoms with van der Waals surface area (Å²) in [5.74, 6) is 0.526. The van der Waals surface area contributed by atoms with Crippen LogP contribution in [0, 0.1) is 16.7 Å². The number of hydrogen-bond acceptors (Lipinski definition) is 1. The van der Waals surface area contributed by atoms with Crippen LogP contribution in [0.15, 0.2) is 0 Å². The molecule has 0 atom stereocenters. The number of nitrogens with one attached hydrogen (secondary N) is 1. The monoisotopic (exact) mass is 313 g/mol. The molecule has 4 heteroatoms. The molecule has 98 valence electrons. The summed E-state index contributed by atoms with van der Waals surface area (Å²) in [5.41, 5.74) is 5.28. The molecule has 0 unspecified atom stereocenters. The number of nitrogens with zero attached hydrogens (tertiary/aromatic N) is 1. The van der Waals surface area contributed by atoms with E-state index in [1.165, 1.54) is 0 Å². The summed E-state index contributed by atoms with van der Waals surface area (Å²) in [6.07, 6.45) is 0.942. The van der Waals surface area contributed by atoms with Crippen LogP contribution in [-0.4, -0.2) is 11.5 Å². The van der Waals surface area contributed by atoms with Crippen LogP contribution in [0.4, 0.5) is 0 Å². The zero-order valence-corrected chi connectivity index (χ0v) is 18.2. The first kappa shape index (κ1) is 23.2. The van der Waals surface area contributed by atoms with E-state index in [0.29, 0.717) is 5.92 Å². The Hall–Kier alpha value is 1.08. The van der Waals surface area contributed by atoms with Gasteiger partial charge in [0.05, 0.1) is 0 Å². The van der Waals surface area contributed by atoms with Crippen molar-refractivity contribution in [1.82, 2.24) is 0 Å². The van der Waals surface area contributed by atoms with Crippen molar-refractivity contribution in [2.45, 2.75) is 67.3 Å². The fourth-order valence-corrected chi connectivity index (χ4v) is 1.68. The molecule has 0 fully saturated rings. The van der Waals surface area contributed by atoms with E-state index < -0.39 is 0 Å². The minimum atomic E-state index is -0.237. The van der Waals surface area contributed by atoms with E-state index in [4.69, 9.17) is 11.1 Å². The van der Waals surface area contributed by atoms with Crippen LogP contribution < -0.4 is 63.9 Å². The SMILES string of the molecule is CC.CC(C)C(C)(C)CC(C)(C)[N-]C(=N)N.[Rb+]. The van der Waals surface area contributed by atoms with Crippen molar-refractivity contribution in [2.24, 2.45) is 17.1 Å². The van der Waals surface area contributed by atoms with Crippen molar-refractivity contribution in [3.05, 3.63) is 5.32 Å². The van der Waals surface area contributed by atoms with Gasteiger partial charge in [-0.3, -0.25) is 0 Å². The summed E-state index contributed by atoms with van der Waals surface area (Å²) in [4.78, 5) is 0. The average molecular weight is 314 g/mol. The number of rotatable bonds is 4. The quantitative estimate of drug-likeness (QED) is 0.593. The van der Waals surface area contributed by atoms with E-state index in [9.17, 15) is 0 Å². The maximum Gasteiger partial charge on any atom is 1.00 e. The number of nitrogens with two attached hydrogens (primary N) is 1. The molecule has 0 aliphatic carbocycles. The molecule has 0 amide bonds. The van der Waals surface area contributed by atoms with Gasteiger partial charge in [0.25, 0.3) is 0 Å². The molecule has 3 nitrogen and oxygen atoms in total. The van der Waals surface area contributed by atoms with Gasteiger partial charge in [-0.25, -0.2) is 0 Å². The Morgan fingerprint density at radius 1 is 1.18 bits per heavy atom. The van der Waals surface area contributed by atoms with Gasteiger partial charge in [-0.05, 0) is 23.3 Å². The number of guanidine groups is 1. The van der Waals surface area contributed by atoms with E-state index >= 15 is 0 Å². The van der Waals surface area contributed by atoms with E-state index in [1.54, 1.807) is 0 Å². The van der Waals surface area contributed by atoms with Gasteiger partial charge >= 0.3 is 58.2 Å². The fourth-order valence-electron chi connectivity index (χ4n) is 1.68. The van der Waals surface area contributed by atoms with Crippen molar-refractivity contribution in [3.8, 4) is 0 Å². The first-order chi connectivity index (χ1) is 7.07. The molecule has 0 heterocycles. The third-order valence-corrected chi connectivity index (χ3v) is 2.87. The first-order valence-corrected chi connectivity index (χ1v) is 6.14. The number of hydrogen-bond donors (Lipinski definition) is 2. The third-order valence-electron chi connectivity index (χ3n) is 2.87. The second-order valence-corrected chi connectivity index (χ2v) is 5.63. The van der Waals surface area contributed by atoms with Gasteiger partial charge in [0, 0.05) is 5.96 Å². The molecule has 0 bridgehead atoms. The molecule has 0 saturated carbocycles. The Morgan fingerprint density at radius 3 is 1.76 bits per heavy atom. The molecule has 0 aliphatic rings. The van der Waals surface area contributed by atoms with E-state index in [-0.39, 0.29) is 75.1 Å². The second kappa shape index (κ2) is 9.93. The Labute approximate surface area is 157 Å². The van der Waals surface area contributed by atoms with Crippen LogP contribution in [0.5, 0.6) is 0 Å². The summed E-state index contributed by atoms with van der Waals surface area (Å²) in [6.45, 7) is 16.9. The molecule has 0 aromatic heterocycles. The van der Waals surface area contributed by atoms with Crippen LogP contribution >= 0.6 is 0 Å². The van der Waals surface area contributed by atoms with Gasteiger partial charge in [-0.2, -0.15) is 0 Å². The Morgan fingerprint density at radius 2 is 1.53 bits per heavy atom. The van der Waals surface area contributed by atoms with Crippen molar-refractivity contribution in [3.63, 3.8) is 0 Å². The topological polar surface area (TPSA) is 64.0 Å². The summed E-state index contributed by atoms with van der Waals surface area (Å²) in [7, 11) is 0. The summed E-state index contributed by atoms with van der Waals surface area (Å²) in [5, 5.41) is 11.3. The molecule has 0 aliphatic heterocycles. The van der Waals surface area contributed by atoms with E-state index in [1.807, 2.05) is 27.7 Å². The predicted octanol–water partition coefficient (Wildman–Crippen LogP) is 1.13. The van der Waals surface area contributed by atoms with Crippen molar-refractivity contribution < 1.29 is 58.2 Å². The maximum absolute atomic E-state index is 7.18. The first-order valence-electron chi connectivity index (χ1n) is 6.14. The van der Waals surface area contributed by atoms with E-state index in [0.717, 1.165) is 6.42 Å². The summed E-state index contributed by atoms with van der Waals surface area (Å²) in [6, 6.07) is 0. The molecular formula is C13H30N3Rb. The molecule has 17 heavy (non-hydrogen) atoms. The minimum Gasteiger partial charge on any atom is -0.454 e. The molecule has 0 saturated heterocycles. The Balaban J connectivity index is -0.000000616. The van der Waals surface area contributed by atoms with Crippen LogP contribution in [0.2, 0.25) is 0 Å². The molecule has 0 rings (SSSR count). The smallest absolute Gasteiger partial charge is 0.454 e.